The molecule has 0 unspecified atom stereocenters. The van der Waals surface area contributed by atoms with Gasteiger partial charge in [0.05, 0.1) is 10.8 Å². The number of rotatable bonds is 5. The molecule has 0 aromatic heterocycles. The first-order valence-corrected chi connectivity index (χ1v) is 8.45. The number of amides is 1. The molecule has 6 heteroatoms. The molecule has 0 aliphatic carbocycles. The Kier molecular flexibility index (Phi) is 4.95. The highest BCUT2D eigenvalue weighted by atomic mass is 32.2. The molecule has 1 amide bonds. The second kappa shape index (κ2) is 6.72. The van der Waals surface area contributed by atoms with Gasteiger partial charge in [-0.2, -0.15) is 0 Å². The van der Waals surface area contributed by atoms with E-state index in [4.69, 9.17) is 5.14 Å². The average Bonchev–Trinajstić information content (AvgIpc) is 2.48. The molecule has 0 saturated carbocycles. The van der Waals surface area contributed by atoms with Gasteiger partial charge in [0.15, 0.2) is 0 Å². The van der Waals surface area contributed by atoms with E-state index in [1.54, 1.807) is 0 Å². The zero-order chi connectivity index (χ0) is 16.2. The summed E-state index contributed by atoms with van der Waals surface area (Å²) in [5.41, 5.74) is 1.48. The molecule has 0 heterocycles. The molecule has 5 nitrogen and oxygen atoms in total. The first-order valence-electron chi connectivity index (χ1n) is 6.90. The molecule has 0 saturated heterocycles. The quantitative estimate of drug-likeness (QED) is 0.887. The molecule has 2 aromatic rings. The van der Waals surface area contributed by atoms with Gasteiger partial charge in [-0.05, 0) is 36.2 Å². The fourth-order valence-corrected chi connectivity index (χ4v) is 2.73. The Morgan fingerprint density at radius 2 is 1.68 bits per heavy atom. The zero-order valence-corrected chi connectivity index (χ0v) is 13.0. The Morgan fingerprint density at radius 3 is 2.18 bits per heavy atom. The van der Waals surface area contributed by atoms with Crippen LogP contribution in [0.25, 0.3) is 0 Å². The number of carbonyl (C=O) groups is 1. The average molecular weight is 318 g/mol. The fraction of sp³-hybridized carbons (Fsp3) is 0.188. The van der Waals surface area contributed by atoms with Crippen LogP contribution in [0.2, 0.25) is 0 Å². The molecule has 0 bridgehead atoms. The summed E-state index contributed by atoms with van der Waals surface area (Å²) in [4.78, 5) is 12.4. The molecule has 0 fully saturated rings. The van der Waals surface area contributed by atoms with Gasteiger partial charge in [-0.1, -0.05) is 37.3 Å². The predicted molar refractivity (Wildman–Crippen MR) is 85.9 cm³/mol. The van der Waals surface area contributed by atoms with Gasteiger partial charge >= 0.3 is 0 Å². The number of carbonyl (C=O) groups excluding carboxylic acids is 1. The summed E-state index contributed by atoms with van der Waals surface area (Å²) in [5, 5.41) is 7.83. The number of hydrogen-bond acceptors (Lipinski definition) is 3. The van der Waals surface area contributed by atoms with E-state index in [2.05, 4.69) is 5.32 Å². The van der Waals surface area contributed by atoms with Crippen molar-refractivity contribution in [1.82, 2.24) is 0 Å². The van der Waals surface area contributed by atoms with Gasteiger partial charge in [-0.3, -0.25) is 4.79 Å². The summed E-state index contributed by atoms with van der Waals surface area (Å²) in [7, 11) is -3.72. The SMILES string of the molecule is CC[C@H](C(=O)Nc1ccc(S(N)(=O)=O)cc1)c1ccccc1. The Morgan fingerprint density at radius 1 is 1.09 bits per heavy atom. The van der Waals surface area contributed by atoms with Crippen LogP contribution in [-0.2, 0) is 14.8 Å². The topological polar surface area (TPSA) is 89.3 Å². The third kappa shape index (κ3) is 3.93. The lowest BCUT2D eigenvalue weighted by molar-refractivity contribution is -0.117. The summed E-state index contributed by atoms with van der Waals surface area (Å²) in [5.74, 6) is -0.379. The van der Waals surface area contributed by atoms with Crippen molar-refractivity contribution >= 4 is 21.6 Å². The van der Waals surface area contributed by atoms with Crippen LogP contribution in [0.3, 0.4) is 0 Å². The molecular formula is C16H18N2O3S. The lowest BCUT2D eigenvalue weighted by atomic mass is 9.95. The highest BCUT2D eigenvalue weighted by Crippen LogP contribution is 2.22. The Labute approximate surface area is 130 Å². The van der Waals surface area contributed by atoms with E-state index in [0.29, 0.717) is 12.1 Å². The summed E-state index contributed by atoms with van der Waals surface area (Å²) in [6.07, 6.45) is 0.672. The highest BCUT2D eigenvalue weighted by Gasteiger charge is 2.18. The van der Waals surface area contributed by atoms with E-state index in [9.17, 15) is 13.2 Å². The Hall–Kier alpha value is -2.18. The maximum absolute atomic E-state index is 12.4. The highest BCUT2D eigenvalue weighted by molar-refractivity contribution is 7.89. The van der Waals surface area contributed by atoms with Crippen molar-refractivity contribution < 1.29 is 13.2 Å². The maximum atomic E-state index is 12.4. The molecule has 0 aliphatic rings. The molecule has 2 rings (SSSR count). The smallest absolute Gasteiger partial charge is 0.238 e. The number of nitrogens with one attached hydrogen (secondary N) is 1. The van der Waals surface area contributed by atoms with Gasteiger partial charge in [-0.25, -0.2) is 13.6 Å². The van der Waals surface area contributed by atoms with Crippen molar-refractivity contribution in [3.63, 3.8) is 0 Å². The van der Waals surface area contributed by atoms with Gasteiger partial charge in [0.2, 0.25) is 15.9 Å². The van der Waals surface area contributed by atoms with E-state index in [1.165, 1.54) is 24.3 Å². The molecule has 2 aromatic carbocycles. The van der Waals surface area contributed by atoms with E-state index in [0.717, 1.165) is 5.56 Å². The number of benzene rings is 2. The monoisotopic (exact) mass is 318 g/mol. The number of hydrogen-bond donors (Lipinski definition) is 2. The lowest BCUT2D eigenvalue weighted by Gasteiger charge is -2.15. The van der Waals surface area contributed by atoms with Crippen molar-refractivity contribution in [1.29, 1.82) is 0 Å². The van der Waals surface area contributed by atoms with Crippen LogP contribution in [0.1, 0.15) is 24.8 Å². The molecule has 0 radical (unpaired) electrons. The third-order valence-corrected chi connectivity index (χ3v) is 4.31. The Bertz CT molecular complexity index is 741. The van der Waals surface area contributed by atoms with Crippen molar-refractivity contribution in [3.8, 4) is 0 Å². The first-order chi connectivity index (χ1) is 10.4. The van der Waals surface area contributed by atoms with E-state index in [1.807, 2.05) is 37.3 Å². The largest absolute Gasteiger partial charge is 0.326 e. The minimum Gasteiger partial charge on any atom is -0.326 e. The van der Waals surface area contributed by atoms with Crippen LogP contribution in [-0.4, -0.2) is 14.3 Å². The number of anilines is 1. The minimum absolute atomic E-state index is 0.0144. The van der Waals surface area contributed by atoms with Crippen LogP contribution >= 0.6 is 0 Å². The van der Waals surface area contributed by atoms with Crippen molar-refractivity contribution in [2.45, 2.75) is 24.2 Å². The van der Waals surface area contributed by atoms with Gasteiger partial charge in [0, 0.05) is 5.69 Å². The van der Waals surface area contributed by atoms with Crippen LogP contribution in [0.5, 0.6) is 0 Å². The second-order valence-electron chi connectivity index (χ2n) is 4.93. The van der Waals surface area contributed by atoms with Crippen LogP contribution < -0.4 is 10.5 Å². The summed E-state index contributed by atoms with van der Waals surface area (Å²) >= 11 is 0. The van der Waals surface area contributed by atoms with Crippen molar-refractivity contribution in [2.75, 3.05) is 5.32 Å². The third-order valence-electron chi connectivity index (χ3n) is 3.38. The lowest BCUT2D eigenvalue weighted by Crippen LogP contribution is -2.20. The number of primary sulfonamides is 1. The maximum Gasteiger partial charge on any atom is 0.238 e. The number of sulfonamides is 1. The van der Waals surface area contributed by atoms with Crippen molar-refractivity contribution in [3.05, 3.63) is 60.2 Å². The molecule has 0 aliphatic heterocycles. The van der Waals surface area contributed by atoms with E-state index < -0.39 is 10.0 Å². The molecule has 0 spiro atoms. The second-order valence-corrected chi connectivity index (χ2v) is 6.49. The molecule has 22 heavy (non-hydrogen) atoms. The summed E-state index contributed by atoms with van der Waals surface area (Å²) in [6.45, 7) is 1.95. The minimum atomic E-state index is -3.72. The first kappa shape index (κ1) is 16.2. The van der Waals surface area contributed by atoms with Gasteiger partial charge in [0.1, 0.15) is 0 Å². The molecular weight excluding hydrogens is 300 g/mol. The summed E-state index contributed by atoms with van der Waals surface area (Å²) < 4.78 is 22.4. The van der Waals surface area contributed by atoms with Gasteiger partial charge in [0.25, 0.3) is 0 Å². The van der Waals surface area contributed by atoms with Crippen molar-refractivity contribution in [2.24, 2.45) is 5.14 Å². The normalized spacial score (nSPS) is 12.6. The molecule has 1 atom stereocenters. The van der Waals surface area contributed by atoms with Crippen LogP contribution in [0.4, 0.5) is 5.69 Å². The zero-order valence-electron chi connectivity index (χ0n) is 12.2. The standard InChI is InChI=1S/C16H18N2O3S/c1-2-15(12-6-4-3-5-7-12)16(19)18-13-8-10-14(11-9-13)22(17,20)21/h3-11,15H,2H2,1H3,(H,18,19)(H2,17,20,21)/t15-/m0/s1. The van der Waals surface area contributed by atoms with E-state index >= 15 is 0 Å². The van der Waals surface area contributed by atoms with Gasteiger partial charge in [-0.15, -0.1) is 0 Å². The number of nitrogens with two attached hydrogens (primary N) is 1. The summed E-state index contributed by atoms with van der Waals surface area (Å²) in [6, 6.07) is 15.3. The Balaban J connectivity index is 2.14. The van der Waals surface area contributed by atoms with E-state index in [-0.39, 0.29) is 16.7 Å². The van der Waals surface area contributed by atoms with Gasteiger partial charge < -0.3 is 5.32 Å². The molecule has 3 N–H and O–H groups in total. The predicted octanol–water partition coefficient (Wildman–Crippen LogP) is 2.47. The van der Waals surface area contributed by atoms with Crippen LogP contribution in [0, 0.1) is 0 Å². The fourth-order valence-electron chi connectivity index (χ4n) is 2.22. The molecule has 116 valence electrons. The van der Waals surface area contributed by atoms with Crippen LogP contribution in [0.15, 0.2) is 59.5 Å².